The van der Waals surface area contributed by atoms with Gasteiger partial charge in [-0.1, -0.05) is 30.3 Å². The summed E-state index contributed by atoms with van der Waals surface area (Å²) in [6, 6.07) is 14.9. The number of carboxylic acids is 1. The number of hydrogen-bond acceptors (Lipinski definition) is 4. The first-order valence-corrected chi connectivity index (χ1v) is 9.88. The Labute approximate surface area is 173 Å². The van der Waals surface area contributed by atoms with Crippen LogP contribution < -0.4 is 4.74 Å². The van der Waals surface area contributed by atoms with Gasteiger partial charge in [0.05, 0.1) is 13.2 Å². The molecule has 0 amide bonds. The maximum absolute atomic E-state index is 10.9. The van der Waals surface area contributed by atoms with Gasteiger partial charge < -0.3 is 14.7 Å². The quantitative estimate of drug-likeness (QED) is 0.674. The summed E-state index contributed by atoms with van der Waals surface area (Å²) in [6.45, 7) is 4.00. The molecule has 1 saturated heterocycles. The third kappa shape index (κ3) is 6.66. The third-order valence-electron chi connectivity index (χ3n) is 5.41. The van der Waals surface area contributed by atoms with E-state index < -0.39 is 5.97 Å². The highest BCUT2D eigenvalue weighted by Gasteiger charge is 2.21. The van der Waals surface area contributed by atoms with E-state index in [4.69, 9.17) is 9.84 Å². The molecular weight excluding hydrogens is 376 g/mol. The standard InChI is InChI=1S/C22H30N2O3.ClH/c1-23(17-22(25)26)20-8-4-12-24(14-11-20)13-5-15-27-21-10-9-18-6-2-3-7-19(18)16-21;/h2-3,6-7,9-10,16,20H,4-5,8,11-15,17H2,1H3,(H,25,26);1H. The van der Waals surface area contributed by atoms with Gasteiger partial charge in [-0.15, -0.1) is 12.4 Å². The molecule has 1 unspecified atom stereocenters. The van der Waals surface area contributed by atoms with E-state index in [0.29, 0.717) is 6.04 Å². The first-order chi connectivity index (χ1) is 13.1. The summed E-state index contributed by atoms with van der Waals surface area (Å²) >= 11 is 0. The summed E-state index contributed by atoms with van der Waals surface area (Å²) in [5.74, 6) is 0.185. The summed E-state index contributed by atoms with van der Waals surface area (Å²) in [5, 5.41) is 11.4. The van der Waals surface area contributed by atoms with E-state index in [2.05, 4.69) is 29.2 Å². The predicted molar refractivity (Wildman–Crippen MR) is 116 cm³/mol. The molecule has 2 aromatic carbocycles. The molecule has 0 aromatic heterocycles. The van der Waals surface area contributed by atoms with Gasteiger partial charge in [0.25, 0.3) is 0 Å². The molecule has 0 spiro atoms. The van der Waals surface area contributed by atoms with Crippen LogP contribution in [0.1, 0.15) is 25.7 Å². The number of likely N-dealkylation sites (tertiary alicyclic amines) is 1. The van der Waals surface area contributed by atoms with E-state index in [1.807, 2.05) is 30.1 Å². The molecule has 2 aromatic rings. The second kappa shape index (κ2) is 11.2. The highest BCUT2D eigenvalue weighted by Crippen LogP contribution is 2.21. The van der Waals surface area contributed by atoms with Crippen molar-refractivity contribution >= 4 is 29.1 Å². The average molecular weight is 407 g/mol. The number of benzene rings is 2. The van der Waals surface area contributed by atoms with Crippen molar-refractivity contribution in [3.63, 3.8) is 0 Å². The second-order valence-electron chi connectivity index (χ2n) is 7.45. The first kappa shape index (κ1) is 22.5. The number of hydrogen-bond donors (Lipinski definition) is 1. The fourth-order valence-corrected chi connectivity index (χ4v) is 3.88. The molecule has 0 bridgehead atoms. The maximum atomic E-state index is 10.9. The molecule has 28 heavy (non-hydrogen) atoms. The molecule has 1 heterocycles. The summed E-state index contributed by atoms with van der Waals surface area (Å²) in [6.07, 6.45) is 4.24. The number of nitrogens with zero attached hydrogens (tertiary/aromatic N) is 2. The summed E-state index contributed by atoms with van der Waals surface area (Å²) in [7, 11) is 1.92. The van der Waals surface area contributed by atoms with Crippen LogP contribution in [0, 0.1) is 0 Å². The Morgan fingerprint density at radius 2 is 1.96 bits per heavy atom. The lowest BCUT2D eigenvalue weighted by Gasteiger charge is -2.25. The van der Waals surface area contributed by atoms with Gasteiger partial charge in [-0.05, 0) is 68.7 Å². The Morgan fingerprint density at radius 3 is 2.75 bits per heavy atom. The third-order valence-corrected chi connectivity index (χ3v) is 5.41. The zero-order valence-electron chi connectivity index (χ0n) is 16.5. The lowest BCUT2D eigenvalue weighted by atomic mass is 10.1. The monoisotopic (exact) mass is 406 g/mol. The van der Waals surface area contributed by atoms with Crippen LogP contribution >= 0.6 is 12.4 Å². The van der Waals surface area contributed by atoms with Gasteiger partial charge in [0, 0.05) is 12.6 Å². The highest BCUT2D eigenvalue weighted by atomic mass is 35.5. The van der Waals surface area contributed by atoms with E-state index >= 15 is 0 Å². The zero-order chi connectivity index (χ0) is 19.1. The van der Waals surface area contributed by atoms with E-state index in [0.717, 1.165) is 57.7 Å². The smallest absolute Gasteiger partial charge is 0.317 e. The fraction of sp³-hybridized carbons (Fsp3) is 0.500. The van der Waals surface area contributed by atoms with Crippen molar-refractivity contribution in [3.05, 3.63) is 42.5 Å². The van der Waals surface area contributed by atoms with Crippen molar-refractivity contribution < 1.29 is 14.6 Å². The molecule has 154 valence electrons. The van der Waals surface area contributed by atoms with E-state index in [-0.39, 0.29) is 19.0 Å². The SMILES string of the molecule is CN(CC(=O)O)C1CCCN(CCCOc2ccc3ccccc3c2)CC1.Cl. The number of carboxylic acid groups (broad SMARTS) is 1. The maximum Gasteiger partial charge on any atom is 0.317 e. The van der Waals surface area contributed by atoms with E-state index in [1.54, 1.807) is 0 Å². The highest BCUT2D eigenvalue weighted by molar-refractivity contribution is 5.85. The van der Waals surface area contributed by atoms with Crippen LogP contribution in [0.2, 0.25) is 0 Å². The number of aliphatic carboxylic acids is 1. The van der Waals surface area contributed by atoms with Crippen molar-refractivity contribution in [1.82, 2.24) is 9.80 Å². The topological polar surface area (TPSA) is 53.0 Å². The Bertz CT molecular complexity index is 755. The van der Waals surface area contributed by atoms with Crippen molar-refractivity contribution in [3.8, 4) is 5.75 Å². The summed E-state index contributed by atoms with van der Waals surface area (Å²) < 4.78 is 5.94. The Balaban J connectivity index is 0.00000280. The molecule has 0 aliphatic carbocycles. The van der Waals surface area contributed by atoms with Crippen molar-refractivity contribution in [2.45, 2.75) is 31.7 Å². The first-order valence-electron chi connectivity index (χ1n) is 9.88. The number of halogens is 1. The van der Waals surface area contributed by atoms with E-state index in [9.17, 15) is 4.79 Å². The van der Waals surface area contributed by atoms with Crippen molar-refractivity contribution in [2.75, 3.05) is 39.8 Å². The van der Waals surface area contributed by atoms with Gasteiger partial charge in [-0.25, -0.2) is 0 Å². The Hall–Kier alpha value is -1.82. The Morgan fingerprint density at radius 1 is 1.18 bits per heavy atom. The minimum absolute atomic E-state index is 0. The normalized spacial score (nSPS) is 17.9. The largest absolute Gasteiger partial charge is 0.494 e. The van der Waals surface area contributed by atoms with Crippen LogP contribution in [-0.2, 0) is 4.79 Å². The molecular formula is C22H31ClN2O3. The van der Waals surface area contributed by atoms with Crippen LogP contribution in [-0.4, -0.2) is 66.8 Å². The minimum atomic E-state index is -0.746. The van der Waals surface area contributed by atoms with Crippen molar-refractivity contribution in [1.29, 1.82) is 0 Å². The van der Waals surface area contributed by atoms with Crippen LogP contribution in [0.3, 0.4) is 0 Å². The van der Waals surface area contributed by atoms with E-state index in [1.165, 1.54) is 10.8 Å². The number of fused-ring (bicyclic) bond motifs is 1. The molecule has 6 heteroatoms. The van der Waals surface area contributed by atoms with Crippen LogP contribution in [0.5, 0.6) is 5.75 Å². The fourth-order valence-electron chi connectivity index (χ4n) is 3.88. The van der Waals surface area contributed by atoms with Crippen LogP contribution in [0.25, 0.3) is 10.8 Å². The van der Waals surface area contributed by atoms with Gasteiger partial charge in [0.15, 0.2) is 0 Å². The minimum Gasteiger partial charge on any atom is -0.494 e. The Kier molecular flexibility index (Phi) is 9.03. The van der Waals surface area contributed by atoms with Gasteiger partial charge in [0.2, 0.25) is 0 Å². The predicted octanol–water partition coefficient (Wildman–Crippen LogP) is 3.90. The van der Waals surface area contributed by atoms with Crippen LogP contribution in [0.15, 0.2) is 42.5 Å². The van der Waals surface area contributed by atoms with Gasteiger partial charge in [0.1, 0.15) is 5.75 Å². The average Bonchev–Trinajstić information content (AvgIpc) is 2.90. The molecule has 1 fully saturated rings. The second-order valence-corrected chi connectivity index (χ2v) is 7.45. The molecule has 3 rings (SSSR count). The lowest BCUT2D eigenvalue weighted by Crippen LogP contribution is -2.36. The summed E-state index contributed by atoms with van der Waals surface area (Å²) in [4.78, 5) is 15.4. The van der Waals surface area contributed by atoms with Gasteiger partial charge in [-0.2, -0.15) is 0 Å². The number of ether oxygens (including phenoxy) is 1. The molecule has 5 nitrogen and oxygen atoms in total. The van der Waals surface area contributed by atoms with Crippen LogP contribution in [0.4, 0.5) is 0 Å². The number of likely N-dealkylation sites (N-methyl/N-ethyl adjacent to an activating group) is 1. The summed E-state index contributed by atoms with van der Waals surface area (Å²) in [5.41, 5.74) is 0. The molecule has 1 N–H and O–H groups in total. The molecule has 0 radical (unpaired) electrons. The number of rotatable bonds is 8. The van der Waals surface area contributed by atoms with Crippen molar-refractivity contribution in [2.24, 2.45) is 0 Å². The molecule has 1 aliphatic rings. The van der Waals surface area contributed by atoms with Gasteiger partial charge in [-0.3, -0.25) is 9.69 Å². The van der Waals surface area contributed by atoms with Gasteiger partial charge >= 0.3 is 5.97 Å². The molecule has 1 aliphatic heterocycles. The zero-order valence-corrected chi connectivity index (χ0v) is 17.4. The lowest BCUT2D eigenvalue weighted by molar-refractivity contribution is -0.138. The molecule has 1 atom stereocenters. The number of carbonyl (C=O) groups is 1. The molecule has 0 saturated carbocycles.